The highest BCUT2D eigenvalue weighted by atomic mass is 16.3. The van der Waals surface area contributed by atoms with Gasteiger partial charge in [0.1, 0.15) is 5.76 Å². The lowest BCUT2D eigenvalue weighted by atomic mass is 10.2. The predicted molar refractivity (Wildman–Crippen MR) is 82.1 cm³/mol. The number of rotatable bonds is 9. The van der Waals surface area contributed by atoms with E-state index in [1.807, 2.05) is 0 Å². The Bertz CT molecular complexity index is 440. The zero-order valence-corrected chi connectivity index (χ0v) is 12.7. The molecule has 0 aliphatic heterocycles. The van der Waals surface area contributed by atoms with Crippen LogP contribution in [-0.2, 0) is 13.1 Å². The fraction of sp³-hybridized carbons (Fsp3) is 0.647. The molecule has 0 atom stereocenters. The number of hydrogen-bond acceptors (Lipinski definition) is 3. The van der Waals surface area contributed by atoms with Gasteiger partial charge in [-0.15, -0.1) is 6.42 Å². The molecule has 0 aromatic carbocycles. The standard InChI is InChI=1S/C17H26N2O/c1-4-8-19(12-15-5-6-15)13-17-16(7-9-20-17)11-18-10-14(2)3/h1,7,9,14-15,18H,5-6,8,10-13H2,2-3H3. The first kappa shape index (κ1) is 15.2. The lowest BCUT2D eigenvalue weighted by molar-refractivity contribution is 0.260. The summed E-state index contributed by atoms with van der Waals surface area (Å²) in [7, 11) is 0. The molecule has 0 saturated heterocycles. The fourth-order valence-electron chi connectivity index (χ4n) is 2.34. The third-order valence-electron chi connectivity index (χ3n) is 3.60. The molecule has 3 heteroatoms. The number of terminal acetylenes is 1. The molecule has 1 aromatic rings. The summed E-state index contributed by atoms with van der Waals surface area (Å²) in [4.78, 5) is 2.32. The van der Waals surface area contributed by atoms with Gasteiger partial charge < -0.3 is 9.73 Å². The summed E-state index contributed by atoms with van der Waals surface area (Å²) < 4.78 is 5.65. The van der Waals surface area contributed by atoms with Crippen LogP contribution in [0.2, 0.25) is 0 Å². The van der Waals surface area contributed by atoms with Gasteiger partial charge in [0.2, 0.25) is 0 Å². The van der Waals surface area contributed by atoms with Crippen molar-refractivity contribution in [2.45, 2.75) is 39.8 Å². The molecule has 3 nitrogen and oxygen atoms in total. The Balaban J connectivity index is 1.86. The minimum atomic E-state index is 0.665. The largest absolute Gasteiger partial charge is 0.468 e. The van der Waals surface area contributed by atoms with Crippen molar-refractivity contribution in [1.82, 2.24) is 10.2 Å². The van der Waals surface area contributed by atoms with E-state index in [-0.39, 0.29) is 0 Å². The summed E-state index contributed by atoms with van der Waals surface area (Å²) in [5.41, 5.74) is 1.25. The van der Waals surface area contributed by atoms with Crippen LogP contribution in [-0.4, -0.2) is 24.5 Å². The molecule has 0 spiro atoms. The average Bonchev–Trinajstić information content (AvgIpc) is 3.10. The van der Waals surface area contributed by atoms with Crippen LogP contribution in [0.1, 0.15) is 38.0 Å². The van der Waals surface area contributed by atoms with E-state index >= 15 is 0 Å². The van der Waals surface area contributed by atoms with Gasteiger partial charge in [-0.25, -0.2) is 0 Å². The van der Waals surface area contributed by atoms with E-state index in [2.05, 4.69) is 36.1 Å². The molecule has 0 unspecified atom stereocenters. The fourth-order valence-corrected chi connectivity index (χ4v) is 2.34. The van der Waals surface area contributed by atoms with Crippen LogP contribution in [0.25, 0.3) is 0 Å². The van der Waals surface area contributed by atoms with Crippen molar-refractivity contribution < 1.29 is 4.42 Å². The minimum absolute atomic E-state index is 0.665. The maximum absolute atomic E-state index is 5.65. The van der Waals surface area contributed by atoms with E-state index < -0.39 is 0 Å². The van der Waals surface area contributed by atoms with Crippen molar-refractivity contribution in [3.8, 4) is 12.3 Å². The zero-order chi connectivity index (χ0) is 14.4. The number of furan rings is 1. The van der Waals surface area contributed by atoms with Gasteiger partial charge in [0, 0.05) is 18.7 Å². The molecule has 1 aliphatic rings. The van der Waals surface area contributed by atoms with Crippen LogP contribution in [0, 0.1) is 24.2 Å². The Morgan fingerprint density at radius 2 is 2.30 bits per heavy atom. The van der Waals surface area contributed by atoms with Crippen molar-refractivity contribution in [3.63, 3.8) is 0 Å². The van der Waals surface area contributed by atoms with Crippen molar-refractivity contribution in [2.24, 2.45) is 11.8 Å². The first-order valence-electron chi connectivity index (χ1n) is 7.60. The quantitative estimate of drug-likeness (QED) is 0.702. The molecule has 2 rings (SSSR count). The summed E-state index contributed by atoms with van der Waals surface area (Å²) in [5.74, 6) is 5.33. The number of hydrogen-bond donors (Lipinski definition) is 1. The van der Waals surface area contributed by atoms with Gasteiger partial charge in [-0.1, -0.05) is 19.8 Å². The highest BCUT2D eigenvalue weighted by Crippen LogP contribution is 2.30. The van der Waals surface area contributed by atoms with Crippen LogP contribution >= 0.6 is 0 Å². The van der Waals surface area contributed by atoms with Gasteiger partial charge >= 0.3 is 0 Å². The van der Waals surface area contributed by atoms with Gasteiger partial charge in [-0.2, -0.15) is 0 Å². The van der Waals surface area contributed by atoms with Gasteiger partial charge in [0.25, 0.3) is 0 Å². The molecule has 0 radical (unpaired) electrons. The number of nitrogens with zero attached hydrogens (tertiary/aromatic N) is 1. The van der Waals surface area contributed by atoms with E-state index in [9.17, 15) is 0 Å². The second-order valence-electron chi connectivity index (χ2n) is 6.21. The van der Waals surface area contributed by atoms with Crippen LogP contribution in [0.3, 0.4) is 0 Å². The highest BCUT2D eigenvalue weighted by molar-refractivity contribution is 5.17. The van der Waals surface area contributed by atoms with Crippen LogP contribution < -0.4 is 5.32 Å². The van der Waals surface area contributed by atoms with E-state index in [4.69, 9.17) is 10.8 Å². The smallest absolute Gasteiger partial charge is 0.122 e. The van der Waals surface area contributed by atoms with Crippen LogP contribution in [0.15, 0.2) is 16.7 Å². The Labute approximate surface area is 122 Å². The van der Waals surface area contributed by atoms with Gasteiger partial charge in [0.15, 0.2) is 0 Å². The molecule has 1 aromatic heterocycles. The number of nitrogens with one attached hydrogen (secondary N) is 1. The highest BCUT2D eigenvalue weighted by Gasteiger charge is 2.24. The monoisotopic (exact) mass is 274 g/mol. The Hall–Kier alpha value is -1.24. The summed E-state index contributed by atoms with van der Waals surface area (Å²) in [6.07, 6.45) is 9.95. The summed E-state index contributed by atoms with van der Waals surface area (Å²) in [6, 6.07) is 2.06. The van der Waals surface area contributed by atoms with Crippen molar-refractivity contribution in [2.75, 3.05) is 19.6 Å². The summed E-state index contributed by atoms with van der Waals surface area (Å²) in [5, 5.41) is 3.47. The topological polar surface area (TPSA) is 28.4 Å². The van der Waals surface area contributed by atoms with E-state index in [1.165, 1.54) is 18.4 Å². The second kappa shape index (κ2) is 7.52. The van der Waals surface area contributed by atoms with Crippen molar-refractivity contribution in [1.29, 1.82) is 0 Å². The molecule has 1 saturated carbocycles. The minimum Gasteiger partial charge on any atom is -0.468 e. The first-order chi connectivity index (χ1) is 9.69. The predicted octanol–water partition coefficient (Wildman–Crippen LogP) is 2.87. The molecule has 110 valence electrons. The van der Waals surface area contributed by atoms with E-state index in [0.717, 1.165) is 37.9 Å². The maximum Gasteiger partial charge on any atom is 0.122 e. The van der Waals surface area contributed by atoms with E-state index in [1.54, 1.807) is 6.26 Å². The lowest BCUT2D eigenvalue weighted by Crippen LogP contribution is -2.27. The van der Waals surface area contributed by atoms with Crippen molar-refractivity contribution in [3.05, 3.63) is 23.7 Å². The normalized spacial score (nSPS) is 14.9. The third kappa shape index (κ3) is 5.03. The average molecular weight is 274 g/mol. The van der Waals surface area contributed by atoms with Gasteiger partial charge in [-0.3, -0.25) is 4.90 Å². The summed E-state index contributed by atoms with van der Waals surface area (Å²) >= 11 is 0. The van der Waals surface area contributed by atoms with Crippen LogP contribution in [0.5, 0.6) is 0 Å². The van der Waals surface area contributed by atoms with Gasteiger partial charge in [0.05, 0.1) is 19.4 Å². The molecule has 0 amide bonds. The Kier molecular flexibility index (Phi) is 5.70. The molecule has 0 bridgehead atoms. The molecule has 20 heavy (non-hydrogen) atoms. The first-order valence-corrected chi connectivity index (χ1v) is 7.60. The van der Waals surface area contributed by atoms with Gasteiger partial charge in [-0.05, 0) is 37.3 Å². The molecular formula is C17H26N2O. The second-order valence-corrected chi connectivity index (χ2v) is 6.21. The van der Waals surface area contributed by atoms with E-state index in [0.29, 0.717) is 12.5 Å². The zero-order valence-electron chi connectivity index (χ0n) is 12.7. The molecule has 1 heterocycles. The molecule has 1 N–H and O–H groups in total. The van der Waals surface area contributed by atoms with Crippen LogP contribution in [0.4, 0.5) is 0 Å². The molecular weight excluding hydrogens is 248 g/mol. The maximum atomic E-state index is 5.65. The van der Waals surface area contributed by atoms with Crippen molar-refractivity contribution >= 4 is 0 Å². The lowest BCUT2D eigenvalue weighted by Gasteiger charge is -2.19. The Morgan fingerprint density at radius 3 is 2.95 bits per heavy atom. The summed E-state index contributed by atoms with van der Waals surface area (Å²) in [6.45, 7) is 8.96. The SMILES string of the molecule is C#CCN(Cc1occc1CNCC(C)C)CC1CC1. The molecule has 1 aliphatic carbocycles. The molecule has 1 fully saturated rings. The third-order valence-corrected chi connectivity index (χ3v) is 3.60. The Morgan fingerprint density at radius 1 is 1.50 bits per heavy atom.